The maximum absolute atomic E-state index is 13.8. The van der Waals surface area contributed by atoms with Crippen LogP contribution >= 0.6 is 0 Å². The molecule has 90 valence electrons. The Morgan fingerprint density at radius 3 is 2.12 bits per heavy atom. The van der Waals surface area contributed by atoms with Gasteiger partial charge in [0.05, 0.1) is 0 Å². The number of nitrogens with zero attached hydrogens (tertiary/aromatic N) is 1. The molecule has 0 saturated heterocycles. The molecule has 2 rings (SSSR count). The normalized spacial score (nSPS) is 11.2. The van der Waals surface area contributed by atoms with Crippen LogP contribution in [0.2, 0.25) is 0 Å². The van der Waals surface area contributed by atoms with Crippen molar-refractivity contribution >= 4 is 0 Å². The van der Waals surface area contributed by atoms with Crippen molar-refractivity contribution in [3.63, 3.8) is 0 Å². The Hall–Kier alpha value is -1.64. The van der Waals surface area contributed by atoms with Crippen molar-refractivity contribution in [2.24, 2.45) is 7.05 Å². The standard InChI is InChI=1S/C14H15F2N/c1-9(2)14-11(15)7-10(8-12(14)16)13-5-4-6-17(13)3/h4-9H,1-3H3. The minimum atomic E-state index is -0.476. The predicted molar refractivity (Wildman–Crippen MR) is 64.9 cm³/mol. The van der Waals surface area contributed by atoms with Crippen LogP contribution in [0.25, 0.3) is 11.3 Å². The van der Waals surface area contributed by atoms with Crippen molar-refractivity contribution < 1.29 is 8.78 Å². The van der Waals surface area contributed by atoms with E-state index in [4.69, 9.17) is 0 Å². The van der Waals surface area contributed by atoms with Crippen molar-refractivity contribution in [3.8, 4) is 11.3 Å². The quantitative estimate of drug-likeness (QED) is 0.738. The molecule has 0 radical (unpaired) electrons. The number of benzene rings is 1. The summed E-state index contributed by atoms with van der Waals surface area (Å²) in [4.78, 5) is 0. The van der Waals surface area contributed by atoms with Crippen LogP contribution in [0.5, 0.6) is 0 Å². The van der Waals surface area contributed by atoms with Crippen LogP contribution in [0.3, 0.4) is 0 Å². The van der Waals surface area contributed by atoms with E-state index >= 15 is 0 Å². The van der Waals surface area contributed by atoms with Crippen LogP contribution in [0.4, 0.5) is 8.78 Å². The second-order valence-corrected chi connectivity index (χ2v) is 4.51. The third kappa shape index (κ3) is 2.09. The number of aryl methyl sites for hydroxylation is 1. The fourth-order valence-corrected chi connectivity index (χ4v) is 2.04. The van der Waals surface area contributed by atoms with E-state index in [1.807, 2.05) is 29.9 Å². The van der Waals surface area contributed by atoms with E-state index in [9.17, 15) is 8.78 Å². The largest absolute Gasteiger partial charge is 0.351 e. The number of halogens is 2. The first-order valence-electron chi connectivity index (χ1n) is 5.61. The Balaban J connectivity index is 2.57. The monoisotopic (exact) mass is 235 g/mol. The third-order valence-electron chi connectivity index (χ3n) is 2.90. The summed E-state index contributed by atoms with van der Waals surface area (Å²) in [5.74, 6) is -1.11. The van der Waals surface area contributed by atoms with Crippen LogP contribution in [0.1, 0.15) is 25.3 Å². The van der Waals surface area contributed by atoms with Gasteiger partial charge in [0.1, 0.15) is 11.6 Å². The first-order chi connectivity index (χ1) is 8.00. The van der Waals surface area contributed by atoms with Crippen LogP contribution in [0.15, 0.2) is 30.5 Å². The smallest absolute Gasteiger partial charge is 0.130 e. The molecule has 0 bridgehead atoms. The topological polar surface area (TPSA) is 4.93 Å². The van der Waals surface area contributed by atoms with Gasteiger partial charge >= 0.3 is 0 Å². The third-order valence-corrected chi connectivity index (χ3v) is 2.90. The SMILES string of the molecule is CC(C)c1c(F)cc(-c2cccn2C)cc1F. The van der Waals surface area contributed by atoms with Gasteiger partial charge in [-0.05, 0) is 30.2 Å². The number of rotatable bonds is 2. The molecule has 0 N–H and O–H groups in total. The van der Waals surface area contributed by atoms with Gasteiger partial charge in [0.2, 0.25) is 0 Å². The molecule has 0 saturated carbocycles. The van der Waals surface area contributed by atoms with Crippen LogP contribution in [-0.4, -0.2) is 4.57 Å². The highest BCUT2D eigenvalue weighted by molar-refractivity contribution is 5.61. The number of hydrogen-bond acceptors (Lipinski definition) is 0. The molecule has 3 heteroatoms. The molecule has 1 heterocycles. The van der Waals surface area contributed by atoms with E-state index < -0.39 is 11.6 Å². The van der Waals surface area contributed by atoms with Gasteiger partial charge in [-0.1, -0.05) is 13.8 Å². The van der Waals surface area contributed by atoms with E-state index in [0.29, 0.717) is 5.56 Å². The molecular weight excluding hydrogens is 220 g/mol. The van der Waals surface area contributed by atoms with Crippen LogP contribution < -0.4 is 0 Å². The average Bonchev–Trinajstić information content (AvgIpc) is 2.62. The second kappa shape index (κ2) is 4.32. The number of hydrogen-bond donors (Lipinski definition) is 0. The van der Waals surface area contributed by atoms with E-state index in [0.717, 1.165) is 5.69 Å². The van der Waals surface area contributed by atoms with Gasteiger partial charge in [0, 0.05) is 30.1 Å². The Kier molecular flexibility index (Phi) is 3.01. The lowest BCUT2D eigenvalue weighted by molar-refractivity contribution is 0.542. The van der Waals surface area contributed by atoms with Crippen LogP contribution in [0, 0.1) is 11.6 Å². The summed E-state index contributed by atoms with van der Waals surface area (Å²) in [6, 6.07) is 6.48. The lowest BCUT2D eigenvalue weighted by Crippen LogP contribution is -2.00. The van der Waals surface area contributed by atoms with E-state index in [1.165, 1.54) is 12.1 Å². The molecule has 1 aromatic carbocycles. The molecule has 0 aliphatic heterocycles. The Morgan fingerprint density at radius 2 is 1.71 bits per heavy atom. The zero-order valence-corrected chi connectivity index (χ0v) is 10.2. The first kappa shape index (κ1) is 11.8. The van der Waals surface area contributed by atoms with Crippen molar-refractivity contribution in [1.29, 1.82) is 0 Å². The fourth-order valence-electron chi connectivity index (χ4n) is 2.04. The van der Waals surface area contributed by atoms with E-state index in [-0.39, 0.29) is 11.5 Å². The van der Waals surface area contributed by atoms with Gasteiger partial charge in [0.15, 0.2) is 0 Å². The summed E-state index contributed by atoms with van der Waals surface area (Å²) in [6.07, 6.45) is 1.85. The summed E-state index contributed by atoms with van der Waals surface area (Å²) in [6.45, 7) is 3.56. The Bertz CT molecular complexity index is 518. The lowest BCUT2D eigenvalue weighted by Gasteiger charge is -2.11. The molecule has 0 amide bonds. The van der Waals surface area contributed by atoms with E-state index in [2.05, 4.69) is 0 Å². The lowest BCUT2D eigenvalue weighted by atomic mass is 9.99. The van der Waals surface area contributed by atoms with Crippen molar-refractivity contribution in [1.82, 2.24) is 4.57 Å². The maximum Gasteiger partial charge on any atom is 0.130 e. The molecule has 0 aliphatic rings. The molecule has 0 aliphatic carbocycles. The van der Waals surface area contributed by atoms with Gasteiger partial charge in [-0.3, -0.25) is 0 Å². The van der Waals surface area contributed by atoms with Crippen molar-refractivity contribution in [2.75, 3.05) is 0 Å². The number of aromatic nitrogens is 1. The zero-order chi connectivity index (χ0) is 12.6. The molecule has 0 unspecified atom stereocenters. The molecule has 1 aromatic heterocycles. The highest BCUT2D eigenvalue weighted by Gasteiger charge is 2.15. The molecular formula is C14H15F2N. The molecule has 0 atom stereocenters. The van der Waals surface area contributed by atoms with Gasteiger partial charge in [0.25, 0.3) is 0 Å². The fraction of sp³-hybridized carbons (Fsp3) is 0.286. The minimum absolute atomic E-state index is 0.155. The molecule has 0 spiro atoms. The maximum atomic E-state index is 13.8. The summed E-state index contributed by atoms with van der Waals surface area (Å²) in [5, 5.41) is 0. The van der Waals surface area contributed by atoms with Crippen molar-refractivity contribution in [2.45, 2.75) is 19.8 Å². The minimum Gasteiger partial charge on any atom is -0.351 e. The summed E-state index contributed by atoms with van der Waals surface area (Å²) >= 11 is 0. The van der Waals surface area contributed by atoms with Gasteiger partial charge in [-0.25, -0.2) is 8.78 Å². The first-order valence-corrected chi connectivity index (χ1v) is 5.61. The van der Waals surface area contributed by atoms with Crippen LogP contribution in [-0.2, 0) is 7.05 Å². The second-order valence-electron chi connectivity index (χ2n) is 4.51. The Labute approximate surface area is 99.7 Å². The average molecular weight is 235 g/mol. The zero-order valence-electron chi connectivity index (χ0n) is 10.2. The van der Waals surface area contributed by atoms with Gasteiger partial charge in [-0.2, -0.15) is 0 Å². The van der Waals surface area contributed by atoms with Gasteiger partial charge in [-0.15, -0.1) is 0 Å². The predicted octanol–water partition coefficient (Wildman–Crippen LogP) is 4.09. The van der Waals surface area contributed by atoms with Gasteiger partial charge < -0.3 is 4.57 Å². The van der Waals surface area contributed by atoms with Crippen molar-refractivity contribution in [3.05, 3.63) is 47.7 Å². The molecule has 0 fully saturated rings. The molecule has 17 heavy (non-hydrogen) atoms. The summed E-state index contributed by atoms with van der Waals surface area (Å²) in [5.41, 5.74) is 1.53. The summed E-state index contributed by atoms with van der Waals surface area (Å²) in [7, 11) is 1.85. The molecule has 1 nitrogen and oxygen atoms in total. The Morgan fingerprint density at radius 1 is 1.12 bits per heavy atom. The highest BCUT2D eigenvalue weighted by Crippen LogP contribution is 2.28. The molecule has 2 aromatic rings. The van der Waals surface area contributed by atoms with E-state index in [1.54, 1.807) is 13.8 Å². The highest BCUT2D eigenvalue weighted by atomic mass is 19.1. The summed E-state index contributed by atoms with van der Waals surface area (Å²) < 4.78 is 29.5.